The van der Waals surface area contributed by atoms with E-state index in [1.165, 1.54) is 0 Å². The van der Waals surface area contributed by atoms with E-state index < -0.39 is 5.97 Å². The molecule has 0 aromatic carbocycles. The summed E-state index contributed by atoms with van der Waals surface area (Å²) >= 11 is 4.96. The molecule has 1 N–H and O–H groups in total. The first-order valence-corrected chi connectivity index (χ1v) is 3.71. The fourth-order valence-electron chi connectivity index (χ4n) is 0.904. The van der Waals surface area contributed by atoms with Gasteiger partial charge in [0.2, 0.25) is 0 Å². The second-order valence-corrected chi connectivity index (χ2v) is 2.81. The Morgan fingerprint density at radius 2 is 2.45 bits per heavy atom. The largest absolute Gasteiger partial charge is 0.481 e. The highest BCUT2D eigenvalue weighted by molar-refractivity contribution is 7.80. The predicted octanol–water partition coefficient (Wildman–Crippen LogP) is 1.72. The van der Waals surface area contributed by atoms with E-state index in [1.54, 1.807) is 6.08 Å². The van der Waals surface area contributed by atoms with Gasteiger partial charge in [0.05, 0.1) is 6.42 Å². The summed E-state index contributed by atoms with van der Waals surface area (Å²) in [6.45, 7) is 0. The van der Waals surface area contributed by atoms with Gasteiger partial charge in [-0.1, -0.05) is 30.4 Å². The SMILES string of the molecule is O=C(O)CC1=CC=CCC1=S. The summed E-state index contributed by atoms with van der Waals surface area (Å²) in [5.74, 6) is -0.825. The third-order valence-corrected chi connectivity index (χ3v) is 1.87. The van der Waals surface area contributed by atoms with Crippen LogP contribution in [0.4, 0.5) is 0 Å². The van der Waals surface area contributed by atoms with Crippen LogP contribution in [0.1, 0.15) is 12.8 Å². The fraction of sp³-hybridized carbons (Fsp3) is 0.250. The Hall–Kier alpha value is -0.960. The zero-order valence-electron chi connectivity index (χ0n) is 5.91. The van der Waals surface area contributed by atoms with Crippen molar-refractivity contribution in [1.82, 2.24) is 0 Å². The van der Waals surface area contributed by atoms with E-state index in [0.717, 1.165) is 10.4 Å². The average molecular weight is 168 g/mol. The molecule has 0 spiro atoms. The highest BCUT2D eigenvalue weighted by Gasteiger charge is 2.09. The van der Waals surface area contributed by atoms with E-state index in [2.05, 4.69) is 0 Å². The summed E-state index contributed by atoms with van der Waals surface area (Å²) < 4.78 is 0. The number of allylic oxidation sites excluding steroid dienone is 3. The summed E-state index contributed by atoms with van der Waals surface area (Å²) in [5.41, 5.74) is 0.759. The summed E-state index contributed by atoms with van der Waals surface area (Å²) in [6, 6.07) is 0. The first-order chi connectivity index (χ1) is 5.20. The number of thiocarbonyl (C=S) groups is 1. The lowest BCUT2D eigenvalue weighted by molar-refractivity contribution is -0.136. The molecule has 0 aromatic rings. The van der Waals surface area contributed by atoms with Crippen LogP contribution in [0.15, 0.2) is 23.8 Å². The van der Waals surface area contributed by atoms with Crippen molar-refractivity contribution in [3.8, 4) is 0 Å². The Labute approximate surface area is 70.2 Å². The van der Waals surface area contributed by atoms with Crippen LogP contribution < -0.4 is 0 Å². The second-order valence-electron chi connectivity index (χ2n) is 2.32. The Morgan fingerprint density at radius 1 is 1.73 bits per heavy atom. The van der Waals surface area contributed by atoms with Crippen molar-refractivity contribution < 1.29 is 9.90 Å². The number of aliphatic carboxylic acids is 1. The van der Waals surface area contributed by atoms with E-state index >= 15 is 0 Å². The quantitative estimate of drug-likeness (QED) is 0.638. The zero-order chi connectivity index (χ0) is 8.27. The van der Waals surface area contributed by atoms with Gasteiger partial charge < -0.3 is 5.11 Å². The summed E-state index contributed by atoms with van der Waals surface area (Å²) in [4.78, 5) is 11.0. The lowest BCUT2D eigenvalue weighted by atomic mass is 10.0. The molecule has 0 fully saturated rings. The van der Waals surface area contributed by atoms with Gasteiger partial charge in [-0.3, -0.25) is 4.79 Å². The smallest absolute Gasteiger partial charge is 0.307 e. The normalized spacial score (nSPS) is 16.4. The van der Waals surface area contributed by atoms with Gasteiger partial charge in [-0.2, -0.15) is 0 Å². The summed E-state index contributed by atoms with van der Waals surface area (Å²) in [5, 5.41) is 8.46. The Balaban J connectivity index is 2.68. The van der Waals surface area contributed by atoms with E-state index in [1.807, 2.05) is 12.2 Å². The lowest BCUT2D eigenvalue weighted by Gasteiger charge is -2.06. The first kappa shape index (κ1) is 8.14. The van der Waals surface area contributed by atoms with Crippen molar-refractivity contribution in [2.24, 2.45) is 0 Å². The van der Waals surface area contributed by atoms with Crippen molar-refractivity contribution in [3.63, 3.8) is 0 Å². The Kier molecular flexibility index (Phi) is 2.54. The molecule has 11 heavy (non-hydrogen) atoms. The third-order valence-electron chi connectivity index (χ3n) is 1.44. The van der Waals surface area contributed by atoms with Crippen molar-refractivity contribution in [1.29, 1.82) is 0 Å². The van der Waals surface area contributed by atoms with Crippen LogP contribution in [0, 0.1) is 0 Å². The van der Waals surface area contributed by atoms with Gasteiger partial charge in [-0.15, -0.1) is 0 Å². The Morgan fingerprint density at radius 3 is 3.00 bits per heavy atom. The summed E-state index contributed by atoms with van der Waals surface area (Å²) in [7, 11) is 0. The van der Waals surface area contributed by atoms with Gasteiger partial charge in [-0.05, 0) is 5.57 Å². The molecule has 0 saturated carbocycles. The highest BCUT2D eigenvalue weighted by Crippen LogP contribution is 2.12. The highest BCUT2D eigenvalue weighted by atomic mass is 32.1. The maximum atomic E-state index is 10.3. The molecule has 0 amide bonds. The Bertz CT molecular complexity index is 251. The van der Waals surface area contributed by atoms with Crippen molar-refractivity contribution >= 4 is 23.1 Å². The lowest BCUT2D eigenvalue weighted by Crippen LogP contribution is -2.06. The molecule has 3 heteroatoms. The maximum absolute atomic E-state index is 10.3. The number of carboxylic acid groups (broad SMARTS) is 1. The number of carboxylic acids is 1. The predicted molar refractivity (Wildman–Crippen MR) is 46.7 cm³/mol. The monoisotopic (exact) mass is 168 g/mol. The first-order valence-electron chi connectivity index (χ1n) is 3.31. The molecule has 0 atom stereocenters. The van der Waals surface area contributed by atoms with E-state index in [4.69, 9.17) is 17.3 Å². The van der Waals surface area contributed by atoms with Crippen molar-refractivity contribution in [2.45, 2.75) is 12.8 Å². The molecule has 0 heterocycles. The number of hydrogen-bond acceptors (Lipinski definition) is 2. The van der Waals surface area contributed by atoms with Crippen LogP contribution in [-0.4, -0.2) is 15.9 Å². The molecule has 1 rings (SSSR count). The molecule has 1 aliphatic carbocycles. The van der Waals surface area contributed by atoms with Gasteiger partial charge in [0, 0.05) is 11.3 Å². The third kappa shape index (κ3) is 2.27. The molecule has 0 radical (unpaired) electrons. The minimum atomic E-state index is -0.825. The molecular weight excluding hydrogens is 160 g/mol. The van der Waals surface area contributed by atoms with Gasteiger partial charge in [0.15, 0.2) is 0 Å². The molecule has 0 unspecified atom stereocenters. The molecule has 0 saturated heterocycles. The van der Waals surface area contributed by atoms with Crippen molar-refractivity contribution in [2.75, 3.05) is 0 Å². The minimum Gasteiger partial charge on any atom is -0.481 e. The zero-order valence-corrected chi connectivity index (χ0v) is 6.73. The van der Waals surface area contributed by atoms with Gasteiger partial charge >= 0.3 is 5.97 Å². The van der Waals surface area contributed by atoms with Crippen LogP contribution in [0.5, 0.6) is 0 Å². The topological polar surface area (TPSA) is 37.3 Å². The molecule has 0 aromatic heterocycles. The van der Waals surface area contributed by atoms with E-state index in [0.29, 0.717) is 6.42 Å². The van der Waals surface area contributed by atoms with Gasteiger partial charge in [-0.25, -0.2) is 0 Å². The van der Waals surface area contributed by atoms with Crippen molar-refractivity contribution in [3.05, 3.63) is 23.8 Å². The van der Waals surface area contributed by atoms with Crippen LogP contribution in [-0.2, 0) is 4.79 Å². The van der Waals surface area contributed by atoms with Gasteiger partial charge in [0.25, 0.3) is 0 Å². The van der Waals surface area contributed by atoms with Crippen LogP contribution in [0.3, 0.4) is 0 Å². The fourth-order valence-corrected chi connectivity index (χ4v) is 1.14. The molecule has 58 valence electrons. The molecule has 0 aliphatic heterocycles. The van der Waals surface area contributed by atoms with E-state index in [9.17, 15) is 4.79 Å². The molecular formula is C8H8O2S. The maximum Gasteiger partial charge on any atom is 0.307 e. The average Bonchev–Trinajstić information content (AvgIpc) is 1.93. The van der Waals surface area contributed by atoms with Gasteiger partial charge in [0.1, 0.15) is 0 Å². The van der Waals surface area contributed by atoms with Crippen LogP contribution in [0.25, 0.3) is 0 Å². The number of hydrogen-bond donors (Lipinski definition) is 1. The molecule has 0 bridgehead atoms. The standard InChI is InChI=1S/C8H8O2S/c9-8(10)5-6-3-1-2-4-7(6)11/h1-3H,4-5H2,(H,9,10). The molecule has 1 aliphatic rings. The second kappa shape index (κ2) is 3.44. The minimum absolute atomic E-state index is 0.0448. The summed E-state index contributed by atoms with van der Waals surface area (Å²) in [6.07, 6.45) is 6.28. The molecule has 2 nitrogen and oxygen atoms in total. The number of carbonyl (C=O) groups is 1. The number of rotatable bonds is 2. The van der Waals surface area contributed by atoms with Crippen LogP contribution >= 0.6 is 12.2 Å². The van der Waals surface area contributed by atoms with Crippen LogP contribution in [0.2, 0.25) is 0 Å². The van der Waals surface area contributed by atoms with E-state index in [-0.39, 0.29) is 6.42 Å².